The third-order valence-corrected chi connectivity index (χ3v) is 8.07. The maximum Gasteiger partial charge on any atom is 0.246 e. The molecule has 1 N–H and O–H groups in total. The number of nitrogens with zero attached hydrogens (tertiary/aromatic N) is 1. The molecule has 0 saturated carbocycles. The van der Waals surface area contributed by atoms with Crippen molar-refractivity contribution >= 4 is 39.1 Å². The molecule has 30 heavy (non-hydrogen) atoms. The highest BCUT2D eigenvalue weighted by Crippen LogP contribution is 2.33. The van der Waals surface area contributed by atoms with Gasteiger partial charge in [0.2, 0.25) is 15.9 Å². The average molecular weight is 471 g/mol. The Morgan fingerprint density at radius 1 is 1.10 bits per heavy atom. The van der Waals surface area contributed by atoms with Crippen LogP contribution >= 0.6 is 23.2 Å². The van der Waals surface area contributed by atoms with Crippen molar-refractivity contribution < 1.29 is 17.9 Å². The van der Waals surface area contributed by atoms with Crippen molar-refractivity contribution in [1.82, 2.24) is 9.62 Å². The number of carbonyl (C=O) groups is 1. The molecule has 9 heteroatoms. The number of hydrogen-bond donors (Lipinski definition) is 1. The second-order valence-corrected chi connectivity index (χ2v) is 9.81. The van der Waals surface area contributed by atoms with E-state index in [2.05, 4.69) is 5.32 Å². The SMILES string of the molecule is COc1ccc(CCNC(=O)C2CCN(S(=O)(=O)c3c(Cl)cccc3Cl)CC2)cc1. The minimum Gasteiger partial charge on any atom is -0.497 e. The van der Waals surface area contributed by atoms with Crippen molar-refractivity contribution in [2.45, 2.75) is 24.2 Å². The van der Waals surface area contributed by atoms with E-state index >= 15 is 0 Å². The average Bonchev–Trinajstić information content (AvgIpc) is 2.74. The smallest absolute Gasteiger partial charge is 0.246 e. The number of nitrogens with one attached hydrogen (secondary N) is 1. The summed E-state index contributed by atoms with van der Waals surface area (Å²) < 4.78 is 32.3. The van der Waals surface area contributed by atoms with Gasteiger partial charge in [-0.05, 0) is 49.1 Å². The van der Waals surface area contributed by atoms with Crippen LogP contribution in [0.15, 0.2) is 47.4 Å². The number of carbonyl (C=O) groups excluding carboxylic acids is 1. The maximum absolute atomic E-state index is 12.9. The number of hydrogen-bond acceptors (Lipinski definition) is 4. The predicted octanol–water partition coefficient (Wildman–Crippen LogP) is 3.76. The summed E-state index contributed by atoms with van der Waals surface area (Å²) in [6.07, 6.45) is 1.62. The van der Waals surface area contributed by atoms with Gasteiger partial charge in [-0.1, -0.05) is 41.4 Å². The van der Waals surface area contributed by atoms with E-state index in [1.54, 1.807) is 13.2 Å². The molecule has 2 aromatic rings. The summed E-state index contributed by atoms with van der Waals surface area (Å²) in [7, 11) is -2.18. The van der Waals surface area contributed by atoms with E-state index in [0.29, 0.717) is 25.8 Å². The molecule has 0 atom stereocenters. The van der Waals surface area contributed by atoms with Gasteiger partial charge in [-0.15, -0.1) is 0 Å². The molecule has 0 bridgehead atoms. The van der Waals surface area contributed by atoms with E-state index in [9.17, 15) is 13.2 Å². The summed E-state index contributed by atoms with van der Waals surface area (Å²) in [6.45, 7) is 1.03. The van der Waals surface area contributed by atoms with Gasteiger partial charge >= 0.3 is 0 Å². The van der Waals surface area contributed by atoms with Crippen molar-refractivity contribution in [2.24, 2.45) is 5.92 Å². The fourth-order valence-electron chi connectivity index (χ4n) is 3.48. The van der Waals surface area contributed by atoms with Crippen molar-refractivity contribution in [3.05, 3.63) is 58.1 Å². The summed E-state index contributed by atoms with van der Waals surface area (Å²) >= 11 is 12.2. The fourth-order valence-corrected chi connectivity index (χ4v) is 6.04. The Bertz CT molecular complexity index is 968. The second kappa shape index (κ2) is 10.0. The first kappa shape index (κ1) is 22.9. The Kier molecular flexibility index (Phi) is 7.63. The fraction of sp³-hybridized carbons (Fsp3) is 0.381. The minimum absolute atomic E-state index is 0.0451. The first-order chi connectivity index (χ1) is 14.3. The molecular weight excluding hydrogens is 447 g/mol. The summed E-state index contributed by atoms with van der Waals surface area (Å²) in [5.41, 5.74) is 1.11. The van der Waals surface area contributed by atoms with Crippen LogP contribution in [0.5, 0.6) is 5.75 Å². The molecule has 0 aliphatic carbocycles. The first-order valence-corrected chi connectivity index (χ1v) is 11.9. The highest BCUT2D eigenvalue weighted by molar-refractivity contribution is 7.89. The quantitative estimate of drug-likeness (QED) is 0.668. The second-order valence-electron chi connectivity index (χ2n) is 7.12. The Morgan fingerprint density at radius 2 is 1.70 bits per heavy atom. The number of amides is 1. The Hall–Kier alpha value is -1.80. The van der Waals surface area contributed by atoms with Crippen LogP contribution in [-0.4, -0.2) is 45.4 Å². The number of rotatable bonds is 7. The monoisotopic (exact) mass is 470 g/mol. The summed E-state index contributed by atoms with van der Waals surface area (Å²) in [6, 6.07) is 12.3. The third-order valence-electron chi connectivity index (χ3n) is 5.21. The molecule has 3 rings (SSSR count). The van der Waals surface area contributed by atoms with Gasteiger partial charge in [-0.2, -0.15) is 4.31 Å². The van der Waals surface area contributed by atoms with Crippen LogP contribution < -0.4 is 10.1 Å². The lowest BCUT2D eigenvalue weighted by Crippen LogP contribution is -2.43. The van der Waals surface area contributed by atoms with Crippen LogP contribution in [0.25, 0.3) is 0 Å². The molecule has 1 fully saturated rings. The van der Waals surface area contributed by atoms with Crippen molar-refractivity contribution in [3.8, 4) is 5.75 Å². The zero-order valence-electron chi connectivity index (χ0n) is 16.6. The highest BCUT2D eigenvalue weighted by atomic mass is 35.5. The normalized spacial score (nSPS) is 15.7. The summed E-state index contributed by atoms with van der Waals surface area (Å²) in [5, 5.41) is 3.15. The van der Waals surface area contributed by atoms with Gasteiger partial charge in [-0.25, -0.2) is 8.42 Å². The van der Waals surface area contributed by atoms with Crippen LogP contribution in [0, 0.1) is 5.92 Å². The van der Waals surface area contributed by atoms with Crippen LogP contribution in [0.2, 0.25) is 10.0 Å². The van der Waals surface area contributed by atoms with Crippen LogP contribution in [0.1, 0.15) is 18.4 Å². The van der Waals surface area contributed by atoms with E-state index in [1.807, 2.05) is 24.3 Å². The zero-order valence-corrected chi connectivity index (χ0v) is 18.9. The number of halogens is 2. The lowest BCUT2D eigenvalue weighted by Gasteiger charge is -2.31. The molecule has 1 amide bonds. The van der Waals surface area contributed by atoms with E-state index in [1.165, 1.54) is 16.4 Å². The van der Waals surface area contributed by atoms with Crippen molar-refractivity contribution in [1.29, 1.82) is 0 Å². The first-order valence-electron chi connectivity index (χ1n) is 9.67. The summed E-state index contributed by atoms with van der Waals surface area (Å²) in [4.78, 5) is 12.4. The van der Waals surface area contributed by atoms with E-state index < -0.39 is 10.0 Å². The van der Waals surface area contributed by atoms with Gasteiger partial charge in [0.25, 0.3) is 0 Å². The number of ether oxygens (including phenoxy) is 1. The Labute approximate surface area is 187 Å². The molecule has 0 radical (unpaired) electrons. The zero-order chi connectivity index (χ0) is 21.7. The number of sulfonamides is 1. The molecule has 0 aromatic heterocycles. The molecule has 1 aliphatic heterocycles. The molecule has 2 aromatic carbocycles. The van der Waals surface area contributed by atoms with Crippen LogP contribution in [-0.2, 0) is 21.2 Å². The van der Waals surface area contributed by atoms with E-state index in [-0.39, 0.29) is 39.9 Å². The molecule has 1 aliphatic rings. The molecule has 1 heterocycles. The minimum atomic E-state index is -3.80. The predicted molar refractivity (Wildman–Crippen MR) is 118 cm³/mol. The van der Waals surface area contributed by atoms with E-state index in [4.69, 9.17) is 27.9 Å². The van der Waals surface area contributed by atoms with Gasteiger partial charge in [0.15, 0.2) is 0 Å². The lowest BCUT2D eigenvalue weighted by atomic mass is 9.97. The van der Waals surface area contributed by atoms with Gasteiger partial charge < -0.3 is 10.1 Å². The molecule has 0 spiro atoms. The van der Waals surface area contributed by atoms with Crippen LogP contribution in [0.4, 0.5) is 0 Å². The Balaban J connectivity index is 1.51. The number of methoxy groups -OCH3 is 1. The van der Waals surface area contributed by atoms with E-state index in [0.717, 1.165) is 11.3 Å². The summed E-state index contributed by atoms with van der Waals surface area (Å²) in [5.74, 6) is 0.535. The number of piperidine rings is 1. The molecule has 162 valence electrons. The van der Waals surface area contributed by atoms with Crippen molar-refractivity contribution in [3.63, 3.8) is 0 Å². The Morgan fingerprint density at radius 3 is 2.27 bits per heavy atom. The van der Waals surface area contributed by atoms with Crippen molar-refractivity contribution in [2.75, 3.05) is 26.7 Å². The lowest BCUT2D eigenvalue weighted by molar-refractivity contribution is -0.126. The standard InChI is InChI=1S/C21H24Cl2N2O4S/c1-29-17-7-5-15(6-8-17)9-12-24-21(26)16-10-13-25(14-11-16)30(27,28)20-18(22)3-2-4-19(20)23/h2-8,16H,9-14H2,1H3,(H,24,26). The van der Waals surface area contributed by atoms with Gasteiger partial charge in [-0.3, -0.25) is 4.79 Å². The molecule has 6 nitrogen and oxygen atoms in total. The molecule has 1 saturated heterocycles. The third kappa shape index (κ3) is 5.27. The molecular formula is C21H24Cl2N2O4S. The van der Waals surface area contributed by atoms with Gasteiger partial charge in [0.1, 0.15) is 10.6 Å². The van der Waals surface area contributed by atoms with Gasteiger partial charge in [0, 0.05) is 25.6 Å². The maximum atomic E-state index is 12.9. The van der Waals surface area contributed by atoms with Crippen LogP contribution in [0.3, 0.4) is 0 Å². The number of benzene rings is 2. The largest absolute Gasteiger partial charge is 0.497 e. The molecule has 0 unspecified atom stereocenters. The van der Waals surface area contributed by atoms with Gasteiger partial charge in [0.05, 0.1) is 17.2 Å². The highest BCUT2D eigenvalue weighted by Gasteiger charge is 2.34. The topological polar surface area (TPSA) is 75.7 Å².